The summed E-state index contributed by atoms with van der Waals surface area (Å²) in [5, 5.41) is 3.33. The lowest BCUT2D eigenvalue weighted by Gasteiger charge is -2.12. The smallest absolute Gasteiger partial charge is 0.179 e. The molecule has 16 heavy (non-hydrogen) atoms. The standard InChI is InChI=1S/C14H19NO/c1-3-11-4-6-12(7-5-11)14(16)10(2)15-13-8-9-13/h4-7,10,13,15H,3,8-9H2,1-2H3. The zero-order chi connectivity index (χ0) is 11.5. The van der Waals surface area contributed by atoms with E-state index in [0.29, 0.717) is 6.04 Å². The minimum absolute atomic E-state index is 0.0556. The summed E-state index contributed by atoms with van der Waals surface area (Å²) < 4.78 is 0. The predicted octanol–water partition coefficient (Wildman–Crippen LogP) is 2.57. The van der Waals surface area contributed by atoms with Crippen LogP contribution < -0.4 is 5.32 Å². The van der Waals surface area contributed by atoms with Gasteiger partial charge in [0.25, 0.3) is 0 Å². The third kappa shape index (κ3) is 2.70. The molecule has 1 unspecified atom stereocenters. The second kappa shape index (κ2) is 4.79. The van der Waals surface area contributed by atoms with Crippen LogP contribution in [-0.4, -0.2) is 17.9 Å². The van der Waals surface area contributed by atoms with Crippen LogP contribution in [0.15, 0.2) is 24.3 Å². The normalized spacial score (nSPS) is 17.1. The molecule has 0 bridgehead atoms. The Morgan fingerprint density at radius 2 is 2.00 bits per heavy atom. The molecular weight excluding hydrogens is 198 g/mol. The molecule has 1 aliphatic rings. The Morgan fingerprint density at radius 3 is 2.50 bits per heavy atom. The summed E-state index contributed by atoms with van der Waals surface area (Å²) in [6, 6.07) is 8.47. The van der Waals surface area contributed by atoms with Crippen molar-refractivity contribution in [2.75, 3.05) is 0 Å². The van der Waals surface area contributed by atoms with E-state index < -0.39 is 0 Å². The van der Waals surface area contributed by atoms with Crippen molar-refractivity contribution in [1.82, 2.24) is 5.32 Å². The van der Waals surface area contributed by atoms with E-state index in [-0.39, 0.29) is 11.8 Å². The Kier molecular flexibility index (Phi) is 3.39. The van der Waals surface area contributed by atoms with Crippen molar-refractivity contribution >= 4 is 5.78 Å². The lowest BCUT2D eigenvalue weighted by atomic mass is 10.0. The van der Waals surface area contributed by atoms with Crippen LogP contribution in [0.2, 0.25) is 0 Å². The maximum atomic E-state index is 12.0. The highest BCUT2D eigenvalue weighted by atomic mass is 16.1. The number of carbonyl (C=O) groups is 1. The van der Waals surface area contributed by atoms with E-state index in [1.54, 1.807) is 0 Å². The second-order valence-corrected chi connectivity index (χ2v) is 4.58. The second-order valence-electron chi connectivity index (χ2n) is 4.58. The number of nitrogens with one attached hydrogen (secondary N) is 1. The number of Topliss-reactive ketones (excluding diaryl/α,β-unsaturated/α-hetero) is 1. The van der Waals surface area contributed by atoms with Crippen LogP contribution in [0.1, 0.15) is 42.6 Å². The third-order valence-electron chi connectivity index (χ3n) is 3.10. The van der Waals surface area contributed by atoms with Gasteiger partial charge in [0.15, 0.2) is 5.78 Å². The molecule has 1 fully saturated rings. The molecule has 0 spiro atoms. The first-order valence-corrected chi connectivity index (χ1v) is 6.10. The molecule has 0 amide bonds. The molecule has 1 aromatic rings. The molecule has 0 heterocycles. The van der Waals surface area contributed by atoms with E-state index in [1.807, 2.05) is 31.2 Å². The highest BCUT2D eigenvalue weighted by Crippen LogP contribution is 2.20. The van der Waals surface area contributed by atoms with Gasteiger partial charge in [0.05, 0.1) is 6.04 Å². The highest BCUT2D eigenvalue weighted by molar-refractivity contribution is 5.99. The molecule has 86 valence electrons. The molecule has 1 atom stereocenters. The molecule has 0 aliphatic heterocycles. The molecule has 2 heteroatoms. The maximum absolute atomic E-state index is 12.0. The maximum Gasteiger partial charge on any atom is 0.179 e. The van der Waals surface area contributed by atoms with Gasteiger partial charge in [-0.25, -0.2) is 0 Å². The summed E-state index contributed by atoms with van der Waals surface area (Å²) >= 11 is 0. The molecule has 1 aromatic carbocycles. The van der Waals surface area contributed by atoms with Crippen molar-refractivity contribution < 1.29 is 4.79 Å². The lowest BCUT2D eigenvalue weighted by molar-refractivity contribution is 0.0950. The fraction of sp³-hybridized carbons (Fsp3) is 0.500. The van der Waals surface area contributed by atoms with E-state index >= 15 is 0 Å². The quantitative estimate of drug-likeness (QED) is 0.768. The highest BCUT2D eigenvalue weighted by Gasteiger charge is 2.25. The van der Waals surface area contributed by atoms with Crippen molar-refractivity contribution in [3.63, 3.8) is 0 Å². The zero-order valence-electron chi connectivity index (χ0n) is 9.99. The van der Waals surface area contributed by atoms with E-state index in [0.717, 1.165) is 12.0 Å². The van der Waals surface area contributed by atoms with Crippen molar-refractivity contribution in [1.29, 1.82) is 0 Å². The fourth-order valence-electron chi connectivity index (χ4n) is 1.83. The monoisotopic (exact) mass is 217 g/mol. The van der Waals surface area contributed by atoms with E-state index in [1.165, 1.54) is 18.4 Å². The Hall–Kier alpha value is -1.15. The molecule has 0 radical (unpaired) electrons. The molecule has 2 nitrogen and oxygen atoms in total. The SMILES string of the molecule is CCc1ccc(C(=O)C(C)NC2CC2)cc1. The summed E-state index contributed by atoms with van der Waals surface area (Å²) in [4.78, 5) is 12.0. The van der Waals surface area contributed by atoms with Crippen LogP contribution >= 0.6 is 0 Å². The number of ketones is 1. The average Bonchev–Trinajstić information content (AvgIpc) is 3.12. The summed E-state index contributed by atoms with van der Waals surface area (Å²) in [5.41, 5.74) is 2.09. The summed E-state index contributed by atoms with van der Waals surface area (Å²) in [7, 11) is 0. The number of benzene rings is 1. The lowest BCUT2D eigenvalue weighted by Crippen LogP contribution is -2.35. The van der Waals surface area contributed by atoms with Crippen molar-refractivity contribution in [2.24, 2.45) is 0 Å². The largest absolute Gasteiger partial charge is 0.305 e. The number of hydrogen-bond acceptors (Lipinski definition) is 2. The summed E-state index contributed by atoms with van der Waals surface area (Å²) in [6.45, 7) is 4.07. The van der Waals surface area contributed by atoms with Crippen LogP contribution in [-0.2, 0) is 6.42 Å². The number of hydrogen-bond donors (Lipinski definition) is 1. The van der Waals surface area contributed by atoms with Gasteiger partial charge in [0.2, 0.25) is 0 Å². The van der Waals surface area contributed by atoms with Crippen molar-refractivity contribution in [3.05, 3.63) is 35.4 Å². The Labute approximate surface area is 97.1 Å². The Bertz CT molecular complexity index is 365. The average molecular weight is 217 g/mol. The van der Waals surface area contributed by atoms with Gasteiger partial charge >= 0.3 is 0 Å². The van der Waals surface area contributed by atoms with Crippen LogP contribution in [0, 0.1) is 0 Å². The van der Waals surface area contributed by atoms with Gasteiger partial charge in [-0.1, -0.05) is 31.2 Å². The minimum atomic E-state index is -0.0556. The van der Waals surface area contributed by atoms with Crippen LogP contribution in [0.4, 0.5) is 0 Å². The molecule has 2 rings (SSSR count). The van der Waals surface area contributed by atoms with Gasteiger partial charge < -0.3 is 5.32 Å². The molecule has 0 aromatic heterocycles. The van der Waals surface area contributed by atoms with Gasteiger partial charge in [-0.3, -0.25) is 4.79 Å². The number of rotatable bonds is 5. The summed E-state index contributed by atoms with van der Waals surface area (Å²) in [5.74, 6) is 0.203. The van der Waals surface area contributed by atoms with Gasteiger partial charge in [-0.2, -0.15) is 0 Å². The van der Waals surface area contributed by atoms with Gasteiger partial charge in [-0.05, 0) is 31.7 Å². The number of aryl methyl sites for hydroxylation is 1. The van der Waals surface area contributed by atoms with E-state index in [9.17, 15) is 4.79 Å². The van der Waals surface area contributed by atoms with Crippen LogP contribution in [0.5, 0.6) is 0 Å². The van der Waals surface area contributed by atoms with E-state index in [4.69, 9.17) is 0 Å². The Balaban J connectivity index is 2.00. The Morgan fingerprint density at radius 1 is 1.38 bits per heavy atom. The first-order valence-electron chi connectivity index (χ1n) is 6.10. The van der Waals surface area contributed by atoms with Crippen LogP contribution in [0.3, 0.4) is 0 Å². The topological polar surface area (TPSA) is 29.1 Å². The van der Waals surface area contributed by atoms with Crippen LogP contribution in [0.25, 0.3) is 0 Å². The predicted molar refractivity (Wildman–Crippen MR) is 65.8 cm³/mol. The van der Waals surface area contributed by atoms with E-state index in [2.05, 4.69) is 12.2 Å². The molecule has 1 saturated carbocycles. The summed E-state index contributed by atoms with van der Waals surface area (Å²) in [6.07, 6.45) is 3.45. The molecule has 1 N–H and O–H groups in total. The van der Waals surface area contributed by atoms with Gasteiger partial charge in [0, 0.05) is 11.6 Å². The van der Waals surface area contributed by atoms with Gasteiger partial charge in [0.1, 0.15) is 0 Å². The molecular formula is C14H19NO. The first-order chi connectivity index (χ1) is 7.70. The third-order valence-corrected chi connectivity index (χ3v) is 3.10. The van der Waals surface area contributed by atoms with Gasteiger partial charge in [-0.15, -0.1) is 0 Å². The number of carbonyl (C=O) groups excluding carboxylic acids is 1. The first kappa shape index (κ1) is 11.3. The minimum Gasteiger partial charge on any atom is -0.305 e. The van der Waals surface area contributed by atoms with Crippen molar-refractivity contribution in [2.45, 2.75) is 45.2 Å². The molecule has 0 saturated heterocycles. The van der Waals surface area contributed by atoms with Crippen molar-refractivity contribution in [3.8, 4) is 0 Å². The zero-order valence-corrected chi connectivity index (χ0v) is 9.99. The fourth-order valence-corrected chi connectivity index (χ4v) is 1.83. The molecule has 1 aliphatic carbocycles.